The lowest BCUT2D eigenvalue weighted by molar-refractivity contribution is -0.144. The molecule has 0 radical (unpaired) electrons. The van der Waals surface area contributed by atoms with E-state index in [-0.39, 0.29) is 68.5 Å². The first kappa shape index (κ1) is 51.2. The third-order valence-corrected chi connectivity index (χ3v) is 15.5. The van der Waals surface area contributed by atoms with E-state index < -0.39 is 53.6 Å². The third kappa shape index (κ3) is 12.0. The minimum absolute atomic E-state index is 0.000270. The van der Waals surface area contributed by atoms with Gasteiger partial charge in [-0.1, -0.05) is 75.4 Å². The summed E-state index contributed by atoms with van der Waals surface area (Å²) in [5.74, 6) is -2.09. The molecule has 0 saturated carbocycles. The summed E-state index contributed by atoms with van der Waals surface area (Å²) in [6.07, 6.45) is 2.61. The maximum Gasteiger partial charge on any atom is 0.246 e. The van der Waals surface area contributed by atoms with Crippen LogP contribution in [0.25, 0.3) is 10.4 Å². The molecule has 6 amide bonds. The van der Waals surface area contributed by atoms with Gasteiger partial charge in [0.05, 0.1) is 46.6 Å². The summed E-state index contributed by atoms with van der Waals surface area (Å²) in [5, 5.41) is 19.8. The Morgan fingerprint density at radius 1 is 0.901 bits per heavy atom. The summed E-state index contributed by atoms with van der Waals surface area (Å²) in [4.78, 5) is 91.6. The van der Waals surface area contributed by atoms with Crippen molar-refractivity contribution in [3.8, 4) is 10.4 Å². The predicted molar refractivity (Wildman–Crippen MR) is 272 cm³/mol. The Balaban J connectivity index is 0.815. The number of carbonyl (C=O) groups is 6. The number of likely N-dealkylation sites (tertiary alicyclic amines) is 1. The number of hydrogen-bond acceptors (Lipinski definition) is 11. The second-order valence-corrected chi connectivity index (χ2v) is 21.6. The number of hydrogen-bond donors (Lipinski definition) is 5. The highest BCUT2D eigenvalue weighted by Crippen LogP contribution is 2.39. The van der Waals surface area contributed by atoms with E-state index in [1.807, 2.05) is 107 Å². The van der Waals surface area contributed by atoms with Crippen LogP contribution in [0.2, 0.25) is 0 Å². The summed E-state index contributed by atoms with van der Waals surface area (Å²) < 4.78 is 6.30. The van der Waals surface area contributed by atoms with E-state index in [4.69, 9.17) is 10.5 Å². The number of nitrogens with one attached hydrogen (secondary N) is 3. The number of primary amides is 1. The van der Waals surface area contributed by atoms with Crippen LogP contribution in [-0.4, -0.2) is 106 Å². The lowest BCUT2D eigenvalue weighted by Gasteiger charge is -2.37. The number of amides is 6. The van der Waals surface area contributed by atoms with Crippen LogP contribution in [0.4, 0.5) is 11.4 Å². The number of aliphatic hydroxyl groups is 1. The molecule has 16 nitrogen and oxygen atoms in total. The number of para-hydroxylation sites is 1. The molecule has 17 heteroatoms. The highest BCUT2D eigenvalue weighted by Gasteiger charge is 2.45. The van der Waals surface area contributed by atoms with Crippen molar-refractivity contribution in [3.63, 3.8) is 0 Å². The molecular formula is C54H68N8O8S. The smallest absolute Gasteiger partial charge is 0.246 e. The van der Waals surface area contributed by atoms with E-state index in [9.17, 15) is 33.9 Å². The van der Waals surface area contributed by atoms with Crippen LogP contribution >= 0.6 is 11.3 Å². The van der Waals surface area contributed by atoms with Crippen LogP contribution < -0.4 is 31.5 Å². The second-order valence-electron chi connectivity index (χ2n) is 20.7. The molecule has 5 heterocycles. The first-order valence-corrected chi connectivity index (χ1v) is 25.9. The Bertz CT molecular complexity index is 2590. The Kier molecular flexibility index (Phi) is 15.9. The number of aliphatic hydroxyl groups excluding tert-OH is 1. The van der Waals surface area contributed by atoms with Crippen molar-refractivity contribution in [3.05, 3.63) is 100 Å². The zero-order chi connectivity index (χ0) is 50.6. The lowest BCUT2D eigenvalue weighted by Crippen LogP contribution is -2.58. The third-order valence-electron chi connectivity index (χ3n) is 14.5. The fourth-order valence-electron chi connectivity index (χ4n) is 10.4. The minimum Gasteiger partial charge on any atom is -0.391 e. The molecule has 0 unspecified atom stereocenters. The summed E-state index contributed by atoms with van der Waals surface area (Å²) in [7, 11) is 0. The number of aromatic nitrogens is 1. The molecule has 0 spiro atoms. The quantitative estimate of drug-likeness (QED) is 0.0945. The zero-order valence-electron chi connectivity index (χ0n) is 41.4. The van der Waals surface area contributed by atoms with Crippen molar-refractivity contribution in [1.82, 2.24) is 25.8 Å². The van der Waals surface area contributed by atoms with Crippen LogP contribution in [0.1, 0.15) is 101 Å². The molecule has 4 aromatic rings. The average molecular weight is 989 g/mol. The maximum atomic E-state index is 14.3. The number of anilines is 2. The number of aryl methyl sites for hydroxylation is 2. The molecule has 1 aromatic heterocycles. The molecule has 8 rings (SSSR count). The number of thiazole rings is 1. The van der Waals surface area contributed by atoms with Crippen molar-refractivity contribution >= 4 is 58.2 Å². The SMILES string of the molecule is Cc1ncsc1-c1ccc(CNC(=O)[C@@H]2C[C@@H](O)CN2C(=O)[C@@H](NC(=O)C2CCN(c3ccc(CO[C@H](C)[C@H](CCC(N)=O)NC(=O)[C@@H]4Cc5cccc6c5N4C(=O)CCC6)cc3)CC2)C(C)(C)C)cc1. The van der Waals surface area contributed by atoms with Crippen LogP contribution in [-0.2, 0) is 59.5 Å². The van der Waals surface area contributed by atoms with Crippen LogP contribution in [0.15, 0.2) is 72.2 Å². The minimum atomic E-state index is -0.915. The summed E-state index contributed by atoms with van der Waals surface area (Å²) in [6, 6.07) is 18.9. The van der Waals surface area contributed by atoms with Gasteiger partial charge >= 0.3 is 0 Å². The molecular weight excluding hydrogens is 921 g/mol. The Labute approximate surface area is 420 Å². The monoisotopic (exact) mass is 988 g/mol. The number of rotatable bonds is 17. The maximum absolute atomic E-state index is 14.3. The molecule has 0 bridgehead atoms. The molecule has 3 aromatic carbocycles. The molecule has 2 saturated heterocycles. The molecule has 0 aliphatic carbocycles. The van der Waals surface area contributed by atoms with Gasteiger partial charge in [0, 0.05) is 63.5 Å². The van der Waals surface area contributed by atoms with E-state index >= 15 is 0 Å². The molecule has 6 atom stereocenters. The van der Waals surface area contributed by atoms with Crippen LogP contribution in [0, 0.1) is 18.3 Å². The molecule has 4 aliphatic rings. The van der Waals surface area contributed by atoms with Gasteiger partial charge in [0.25, 0.3) is 0 Å². The first-order valence-electron chi connectivity index (χ1n) is 25.0. The van der Waals surface area contributed by atoms with E-state index in [1.54, 1.807) is 16.2 Å². The summed E-state index contributed by atoms with van der Waals surface area (Å²) in [6.45, 7) is 11.3. The summed E-state index contributed by atoms with van der Waals surface area (Å²) >= 11 is 1.57. The van der Waals surface area contributed by atoms with Gasteiger partial charge in [-0.15, -0.1) is 11.3 Å². The van der Waals surface area contributed by atoms with Crippen molar-refractivity contribution < 1.29 is 38.6 Å². The largest absolute Gasteiger partial charge is 0.391 e. The Morgan fingerprint density at radius 3 is 2.28 bits per heavy atom. The van der Waals surface area contributed by atoms with Gasteiger partial charge in [0.15, 0.2) is 0 Å². The standard InChI is InChI=1S/C54H68N8O8S/c1-32-48(71-31-57-32)37-16-12-34(13-17-37)28-56-51(67)43-27-41(63)29-61(43)53(69)49(54(3,4)5)59-50(66)38-22-24-60(25-23-38)40-18-14-35(15-19-40)30-70-33(2)42(20-21-45(55)64)58-52(68)44-26-39-10-6-8-36-9-7-11-46(65)62(44)47(36)39/h6,8,10,12-19,31,33,38,41-44,49,63H,7,9,11,20-30H2,1-5H3,(H2,55,64)(H,56,67)(H,58,68)(H,59,66)/t33-,41-,42+,43+,44+,49-/m1/s1. The topological polar surface area (TPSA) is 217 Å². The molecule has 2 fully saturated rings. The van der Waals surface area contributed by atoms with Gasteiger partial charge in [-0.05, 0) is 91.3 Å². The van der Waals surface area contributed by atoms with Crippen molar-refractivity contribution in [1.29, 1.82) is 0 Å². The van der Waals surface area contributed by atoms with Gasteiger partial charge in [0.2, 0.25) is 35.4 Å². The highest BCUT2D eigenvalue weighted by atomic mass is 32.1. The van der Waals surface area contributed by atoms with Gasteiger partial charge in [-0.25, -0.2) is 4.98 Å². The van der Waals surface area contributed by atoms with Gasteiger partial charge < -0.3 is 41.3 Å². The normalized spacial score (nSPS) is 20.5. The number of nitrogens with zero attached hydrogens (tertiary/aromatic N) is 4. The number of nitrogens with two attached hydrogens (primary N) is 1. The lowest BCUT2D eigenvalue weighted by atomic mass is 9.84. The van der Waals surface area contributed by atoms with Crippen LogP contribution in [0.3, 0.4) is 0 Å². The zero-order valence-corrected chi connectivity index (χ0v) is 42.3. The molecule has 6 N–H and O–H groups in total. The van der Waals surface area contributed by atoms with Gasteiger partial charge in [-0.3, -0.25) is 33.7 Å². The number of carbonyl (C=O) groups excluding carboxylic acids is 6. The van der Waals surface area contributed by atoms with Gasteiger partial charge in [-0.2, -0.15) is 0 Å². The summed E-state index contributed by atoms with van der Waals surface area (Å²) in [5.41, 5.74) is 14.4. The van der Waals surface area contributed by atoms with Crippen molar-refractivity contribution in [2.75, 3.05) is 29.4 Å². The number of ether oxygens (including phenoxy) is 1. The Morgan fingerprint density at radius 2 is 1.61 bits per heavy atom. The number of piperidine rings is 1. The van der Waals surface area contributed by atoms with E-state index in [0.717, 1.165) is 62.6 Å². The predicted octanol–water partition coefficient (Wildman–Crippen LogP) is 5.09. The molecule has 71 heavy (non-hydrogen) atoms. The van der Waals surface area contributed by atoms with E-state index in [1.165, 1.54) is 4.90 Å². The molecule has 4 aliphatic heterocycles. The second kappa shape index (κ2) is 22.1. The first-order chi connectivity index (χ1) is 33.9. The van der Waals surface area contributed by atoms with Gasteiger partial charge in [0.1, 0.15) is 18.1 Å². The fraction of sp³-hybridized carbons (Fsp3) is 0.500. The number of benzene rings is 3. The molecule has 378 valence electrons. The van der Waals surface area contributed by atoms with E-state index in [0.29, 0.717) is 38.8 Å². The van der Waals surface area contributed by atoms with Crippen molar-refractivity contribution in [2.45, 2.75) is 142 Å². The van der Waals surface area contributed by atoms with Crippen LogP contribution in [0.5, 0.6) is 0 Å². The van der Waals surface area contributed by atoms with E-state index in [2.05, 4.69) is 25.8 Å². The fourth-order valence-corrected chi connectivity index (χ4v) is 11.2. The number of β-amino-alcohol motifs (C(OH)–C–C–N with tert-alkyl or cyclic N) is 1. The van der Waals surface area contributed by atoms with Crippen molar-refractivity contribution in [2.24, 2.45) is 17.1 Å². The Hall–Kier alpha value is -6.17. The highest BCUT2D eigenvalue weighted by molar-refractivity contribution is 7.13. The average Bonchev–Trinajstić information content (AvgIpc) is 4.06.